The molecule has 0 atom stereocenters. The minimum Gasteiger partial charge on any atom is -0.377 e. The van der Waals surface area contributed by atoms with Crippen LogP contribution < -0.4 is 0 Å². The van der Waals surface area contributed by atoms with Crippen LogP contribution in [0.1, 0.15) is 12.5 Å². The SMILES string of the molecule is CCOCc1c(F)cccc1Cl. The average molecular weight is 189 g/mol. The molecule has 0 aliphatic rings. The van der Waals surface area contributed by atoms with Gasteiger partial charge in [0.1, 0.15) is 5.82 Å². The highest BCUT2D eigenvalue weighted by atomic mass is 35.5. The zero-order chi connectivity index (χ0) is 8.97. The monoisotopic (exact) mass is 188 g/mol. The minimum absolute atomic E-state index is 0.238. The van der Waals surface area contributed by atoms with Gasteiger partial charge in [-0.3, -0.25) is 0 Å². The van der Waals surface area contributed by atoms with Crippen LogP contribution in [-0.2, 0) is 11.3 Å². The smallest absolute Gasteiger partial charge is 0.130 e. The quantitative estimate of drug-likeness (QED) is 0.709. The average Bonchev–Trinajstić information content (AvgIpc) is 2.04. The van der Waals surface area contributed by atoms with Gasteiger partial charge in [0.25, 0.3) is 0 Å². The first-order valence-corrected chi connectivity index (χ1v) is 4.14. The fraction of sp³-hybridized carbons (Fsp3) is 0.333. The number of halogens is 2. The van der Waals surface area contributed by atoms with E-state index in [-0.39, 0.29) is 12.4 Å². The predicted molar refractivity (Wildman–Crippen MR) is 46.7 cm³/mol. The molecule has 0 fully saturated rings. The standard InChI is InChI=1S/C9H10ClFO/c1-2-12-6-7-8(10)4-3-5-9(7)11/h3-5H,2,6H2,1H3. The zero-order valence-corrected chi connectivity index (χ0v) is 7.57. The van der Waals surface area contributed by atoms with E-state index in [9.17, 15) is 4.39 Å². The summed E-state index contributed by atoms with van der Waals surface area (Å²) in [5.74, 6) is -0.309. The Morgan fingerprint density at radius 1 is 1.50 bits per heavy atom. The first-order valence-electron chi connectivity index (χ1n) is 3.76. The van der Waals surface area contributed by atoms with Crippen molar-refractivity contribution in [2.45, 2.75) is 13.5 Å². The topological polar surface area (TPSA) is 9.23 Å². The number of ether oxygens (including phenoxy) is 1. The molecule has 12 heavy (non-hydrogen) atoms. The lowest BCUT2D eigenvalue weighted by molar-refractivity contribution is 0.131. The van der Waals surface area contributed by atoms with Crippen molar-refractivity contribution in [3.63, 3.8) is 0 Å². The van der Waals surface area contributed by atoms with E-state index in [1.807, 2.05) is 6.92 Å². The van der Waals surface area contributed by atoms with E-state index in [0.717, 1.165) is 0 Å². The van der Waals surface area contributed by atoms with Gasteiger partial charge in [-0.2, -0.15) is 0 Å². The predicted octanol–water partition coefficient (Wildman–Crippen LogP) is 3.02. The van der Waals surface area contributed by atoms with Crippen LogP contribution in [0.25, 0.3) is 0 Å². The maximum Gasteiger partial charge on any atom is 0.130 e. The Labute approximate surface area is 76.1 Å². The zero-order valence-electron chi connectivity index (χ0n) is 6.81. The second-order valence-electron chi connectivity index (χ2n) is 2.34. The van der Waals surface area contributed by atoms with Crippen molar-refractivity contribution in [2.75, 3.05) is 6.61 Å². The molecular formula is C9H10ClFO. The molecule has 0 spiro atoms. The molecule has 0 saturated carbocycles. The summed E-state index contributed by atoms with van der Waals surface area (Å²) in [6.07, 6.45) is 0. The van der Waals surface area contributed by atoms with Crippen LogP contribution >= 0.6 is 11.6 Å². The first-order chi connectivity index (χ1) is 5.75. The number of hydrogen-bond donors (Lipinski definition) is 0. The lowest BCUT2D eigenvalue weighted by Crippen LogP contribution is -1.96. The molecule has 0 aliphatic carbocycles. The summed E-state index contributed by atoms with van der Waals surface area (Å²) in [4.78, 5) is 0. The van der Waals surface area contributed by atoms with Crippen LogP contribution in [-0.4, -0.2) is 6.61 Å². The van der Waals surface area contributed by atoms with E-state index in [1.165, 1.54) is 6.07 Å². The largest absolute Gasteiger partial charge is 0.377 e. The van der Waals surface area contributed by atoms with Crippen LogP contribution in [0.3, 0.4) is 0 Å². The number of benzene rings is 1. The van der Waals surface area contributed by atoms with Crippen molar-refractivity contribution < 1.29 is 9.13 Å². The molecule has 1 nitrogen and oxygen atoms in total. The van der Waals surface area contributed by atoms with E-state index in [1.54, 1.807) is 12.1 Å². The van der Waals surface area contributed by atoms with Crippen molar-refractivity contribution in [3.8, 4) is 0 Å². The third-order valence-corrected chi connectivity index (χ3v) is 1.87. The Bertz CT molecular complexity index is 242. The molecule has 1 aromatic carbocycles. The van der Waals surface area contributed by atoms with E-state index in [2.05, 4.69) is 0 Å². The van der Waals surface area contributed by atoms with E-state index in [0.29, 0.717) is 17.2 Å². The second-order valence-corrected chi connectivity index (χ2v) is 2.74. The second kappa shape index (κ2) is 4.43. The van der Waals surface area contributed by atoms with Gasteiger partial charge < -0.3 is 4.74 Å². The van der Waals surface area contributed by atoms with Crippen molar-refractivity contribution in [1.82, 2.24) is 0 Å². The summed E-state index contributed by atoms with van der Waals surface area (Å²) in [6.45, 7) is 2.65. The number of hydrogen-bond acceptors (Lipinski definition) is 1. The van der Waals surface area contributed by atoms with Crippen LogP contribution in [0.5, 0.6) is 0 Å². The van der Waals surface area contributed by atoms with Crippen molar-refractivity contribution in [2.24, 2.45) is 0 Å². The summed E-state index contributed by atoms with van der Waals surface area (Å²) in [5, 5.41) is 0.420. The van der Waals surface area contributed by atoms with Gasteiger partial charge in [0.15, 0.2) is 0 Å². The fourth-order valence-corrected chi connectivity index (χ4v) is 1.09. The highest BCUT2D eigenvalue weighted by Crippen LogP contribution is 2.19. The van der Waals surface area contributed by atoms with Crippen LogP contribution in [0.4, 0.5) is 4.39 Å². The molecule has 0 aromatic heterocycles. The molecule has 0 radical (unpaired) electrons. The Kier molecular flexibility index (Phi) is 3.50. The molecule has 0 heterocycles. The molecular weight excluding hydrogens is 179 g/mol. The van der Waals surface area contributed by atoms with E-state index in [4.69, 9.17) is 16.3 Å². The lowest BCUT2D eigenvalue weighted by Gasteiger charge is -2.04. The molecule has 1 aromatic rings. The molecule has 0 N–H and O–H groups in total. The van der Waals surface area contributed by atoms with Gasteiger partial charge in [0.05, 0.1) is 6.61 Å². The van der Waals surface area contributed by atoms with Gasteiger partial charge in [-0.15, -0.1) is 0 Å². The van der Waals surface area contributed by atoms with Crippen LogP contribution in [0.15, 0.2) is 18.2 Å². The number of rotatable bonds is 3. The Balaban J connectivity index is 2.81. The summed E-state index contributed by atoms with van der Waals surface area (Å²) in [7, 11) is 0. The Morgan fingerprint density at radius 2 is 2.25 bits per heavy atom. The summed E-state index contributed by atoms with van der Waals surface area (Å²) < 4.78 is 18.1. The van der Waals surface area contributed by atoms with Gasteiger partial charge in [0.2, 0.25) is 0 Å². The maximum atomic E-state index is 13.0. The van der Waals surface area contributed by atoms with Gasteiger partial charge in [-0.05, 0) is 19.1 Å². The van der Waals surface area contributed by atoms with E-state index >= 15 is 0 Å². The summed E-state index contributed by atoms with van der Waals surface area (Å²) in [5.41, 5.74) is 0.431. The van der Waals surface area contributed by atoms with Crippen molar-refractivity contribution in [1.29, 1.82) is 0 Å². The van der Waals surface area contributed by atoms with Crippen molar-refractivity contribution >= 4 is 11.6 Å². The van der Waals surface area contributed by atoms with Crippen molar-refractivity contribution in [3.05, 3.63) is 34.6 Å². The third-order valence-electron chi connectivity index (χ3n) is 1.51. The Morgan fingerprint density at radius 3 is 2.83 bits per heavy atom. The Hall–Kier alpha value is -0.600. The maximum absolute atomic E-state index is 13.0. The van der Waals surface area contributed by atoms with Crippen LogP contribution in [0, 0.1) is 5.82 Å². The highest BCUT2D eigenvalue weighted by molar-refractivity contribution is 6.31. The summed E-state index contributed by atoms with van der Waals surface area (Å²) >= 11 is 5.75. The third kappa shape index (κ3) is 2.19. The van der Waals surface area contributed by atoms with Gasteiger partial charge in [-0.25, -0.2) is 4.39 Å². The van der Waals surface area contributed by atoms with E-state index < -0.39 is 0 Å². The summed E-state index contributed by atoms with van der Waals surface area (Å²) in [6, 6.07) is 4.60. The normalized spacial score (nSPS) is 10.2. The van der Waals surface area contributed by atoms with Gasteiger partial charge in [-0.1, -0.05) is 17.7 Å². The fourth-order valence-electron chi connectivity index (χ4n) is 0.874. The van der Waals surface area contributed by atoms with Gasteiger partial charge in [0, 0.05) is 17.2 Å². The molecule has 0 aliphatic heterocycles. The molecule has 0 saturated heterocycles. The molecule has 0 amide bonds. The molecule has 0 bridgehead atoms. The highest BCUT2D eigenvalue weighted by Gasteiger charge is 2.05. The molecule has 3 heteroatoms. The molecule has 1 rings (SSSR count). The lowest BCUT2D eigenvalue weighted by atomic mass is 10.2. The minimum atomic E-state index is -0.309. The molecule has 66 valence electrons. The van der Waals surface area contributed by atoms with Crippen LogP contribution in [0.2, 0.25) is 5.02 Å². The first kappa shape index (κ1) is 9.49. The molecule has 0 unspecified atom stereocenters. The van der Waals surface area contributed by atoms with Gasteiger partial charge >= 0.3 is 0 Å².